The number of amides is 1. The van der Waals surface area contributed by atoms with Gasteiger partial charge in [0.1, 0.15) is 11.6 Å². The van der Waals surface area contributed by atoms with Crippen molar-refractivity contribution in [3.05, 3.63) is 77.0 Å². The number of anilines is 2. The molecular weight excluding hydrogens is 400 g/mol. The predicted octanol–water partition coefficient (Wildman–Crippen LogP) is 4.70. The van der Waals surface area contributed by atoms with Crippen LogP contribution in [-0.4, -0.2) is 37.3 Å². The molecule has 1 atom stereocenters. The molecule has 1 saturated heterocycles. The number of aromatic nitrogens is 4. The van der Waals surface area contributed by atoms with Crippen LogP contribution in [0.5, 0.6) is 0 Å². The molecule has 1 fully saturated rings. The first-order valence-electron chi connectivity index (χ1n) is 11.0. The highest BCUT2D eigenvalue weighted by atomic mass is 16.2. The van der Waals surface area contributed by atoms with Crippen LogP contribution in [0.3, 0.4) is 0 Å². The SMILES string of the molecule is Cc1cc(C)nc(Nc2cc([C@@H]3CCCCN3C(=O)/C=C/c3ccccc3)nc(C)n2)n1. The van der Waals surface area contributed by atoms with Crippen molar-refractivity contribution < 1.29 is 4.79 Å². The summed E-state index contributed by atoms with van der Waals surface area (Å²) in [5.74, 6) is 1.79. The van der Waals surface area contributed by atoms with E-state index >= 15 is 0 Å². The van der Waals surface area contributed by atoms with Crippen LogP contribution in [0, 0.1) is 20.8 Å². The van der Waals surface area contributed by atoms with Crippen LogP contribution in [0.4, 0.5) is 11.8 Å². The number of nitrogens with one attached hydrogen (secondary N) is 1. The quantitative estimate of drug-likeness (QED) is 0.593. The minimum atomic E-state index is -0.0842. The Morgan fingerprint density at radius 1 is 1.00 bits per heavy atom. The van der Waals surface area contributed by atoms with E-state index in [0.29, 0.717) is 24.1 Å². The van der Waals surface area contributed by atoms with Gasteiger partial charge in [0.15, 0.2) is 0 Å². The van der Waals surface area contributed by atoms with Crippen LogP contribution in [0.25, 0.3) is 6.08 Å². The summed E-state index contributed by atoms with van der Waals surface area (Å²) in [6.07, 6.45) is 6.45. The fourth-order valence-corrected chi connectivity index (χ4v) is 4.05. The van der Waals surface area contributed by atoms with Crippen LogP contribution < -0.4 is 5.32 Å². The summed E-state index contributed by atoms with van der Waals surface area (Å²) in [7, 11) is 0. The molecule has 164 valence electrons. The maximum Gasteiger partial charge on any atom is 0.247 e. The summed E-state index contributed by atoms with van der Waals surface area (Å²) in [4.78, 5) is 33.0. The number of rotatable bonds is 5. The molecule has 32 heavy (non-hydrogen) atoms. The van der Waals surface area contributed by atoms with Crippen molar-refractivity contribution in [2.24, 2.45) is 0 Å². The maximum absolute atomic E-state index is 13.1. The molecule has 3 heterocycles. The van der Waals surface area contributed by atoms with E-state index in [1.807, 2.05) is 74.2 Å². The van der Waals surface area contributed by atoms with Crippen LogP contribution in [0.2, 0.25) is 0 Å². The van der Waals surface area contributed by atoms with E-state index in [1.165, 1.54) is 0 Å². The van der Waals surface area contributed by atoms with Crippen molar-refractivity contribution in [1.29, 1.82) is 0 Å². The summed E-state index contributed by atoms with van der Waals surface area (Å²) >= 11 is 0. The molecule has 0 radical (unpaired) electrons. The van der Waals surface area contributed by atoms with Crippen LogP contribution in [0.1, 0.15) is 53.8 Å². The Bertz CT molecular complexity index is 1110. The van der Waals surface area contributed by atoms with Crippen LogP contribution >= 0.6 is 0 Å². The number of nitrogens with zero attached hydrogens (tertiary/aromatic N) is 5. The van der Waals surface area contributed by atoms with Crippen molar-refractivity contribution >= 4 is 23.7 Å². The standard InChI is InChI=1S/C25H28N6O/c1-17-15-18(2)27-25(26-17)30-23-16-21(28-19(3)29-23)22-11-7-8-14-31(22)24(32)13-12-20-9-5-4-6-10-20/h4-6,9-10,12-13,15-16,22H,7-8,11,14H2,1-3H3,(H,26,27,28,29,30)/b13-12+/t22-/m0/s1. The molecule has 4 rings (SSSR count). The number of carbonyl (C=O) groups is 1. The van der Waals surface area contributed by atoms with Gasteiger partial charge in [0, 0.05) is 30.1 Å². The summed E-state index contributed by atoms with van der Waals surface area (Å²) in [6, 6.07) is 13.6. The predicted molar refractivity (Wildman–Crippen MR) is 125 cm³/mol. The van der Waals surface area contributed by atoms with E-state index in [4.69, 9.17) is 0 Å². The average Bonchev–Trinajstić information content (AvgIpc) is 2.77. The maximum atomic E-state index is 13.1. The molecular formula is C25H28N6O. The molecule has 0 saturated carbocycles. The van der Waals surface area contributed by atoms with Crippen molar-refractivity contribution in [2.45, 2.75) is 46.1 Å². The average molecular weight is 429 g/mol. The second-order valence-electron chi connectivity index (χ2n) is 8.11. The first-order chi connectivity index (χ1) is 15.5. The smallest absolute Gasteiger partial charge is 0.247 e. The molecule has 1 aliphatic rings. The van der Waals surface area contributed by atoms with E-state index in [2.05, 4.69) is 25.3 Å². The normalized spacial score (nSPS) is 16.3. The zero-order valence-corrected chi connectivity index (χ0v) is 18.7. The third-order valence-electron chi connectivity index (χ3n) is 5.43. The summed E-state index contributed by atoms with van der Waals surface area (Å²) in [5, 5.41) is 3.21. The molecule has 7 nitrogen and oxygen atoms in total. The fraction of sp³-hybridized carbons (Fsp3) is 0.320. The second-order valence-corrected chi connectivity index (χ2v) is 8.11. The van der Waals surface area contributed by atoms with E-state index in [9.17, 15) is 4.79 Å². The van der Waals surface area contributed by atoms with Gasteiger partial charge in [0.2, 0.25) is 11.9 Å². The first kappa shape index (κ1) is 21.6. The molecule has 0 spiro atoms. The molecule has 0 bridgehead atoms. The van der Waals surface area contributed by atoms with Gasteiger partial charge in [-0.3, -0.25) is 4.79 Å². The summed E-state index contributed by atoms with van der Waals surface area (Å²) < 4.78 is 0. The molecule has 0 unspecified atom stereocenters. The topological polar surface area (TPSA) is 83.9 Å². The monoisotopic (exact) mass is 428 g/mol. The Kier molecular flexibility index (Phi) is 6.54. The van der Waals surface area contributed by atoms with E-state index in [-0.39, 0.29) is 11.9 Å². The highest BCUT2D eigenvalue weighted by molar-refractivity contribution is 5.92. The fourth-order valence-electron chi connectivity index (χ4n) is 4.05. The largest absolute Gasteiger partial charge is 0.331 e. The number of piperidine rings is 1. The number of carbonyl (C=O) groups excluding carboxylic acids is 1. The summed E-state index contributed by atoms with van der Waals surface area (Å²) in [6.45, 7) is 6.45. The van der Waals surface area contributed by atoms with Crippen molar-refractivity contribution in [1.82, 2.24) is 24.8 Å². The number of aryl methyl sites for hydroxylation is 3. The Morgan fingerprint density at radius 2 is 1.75 bits per heavy atom. The molecule has 1 amide bonds. The number of benzene rings is 1. The number of likely N-dealkylation sites (tertiary alicyclic amines) is 1. The highest BCUT2D eigenvalue weighted by Crippen LogP contribution is 2.31. The van der Waals surface area contributed by atoms with Crippen molar-refractivity contribution in [2.75, 3.05) is 11.9 Å². The van der Waals surface area contributed by atoms with Gasteiger partial charge in [-0.15, -0.1) is 0 Å². The molecule has 1 N–H and O–H groups in total. The lowest BCUT2D eigenvalue weighted by atomic mass is 9.98. The van der Waals surface area contributed by atoms with E-state index < -0.39 is 0 Å². The number of hydrogen-bond acceptors (Lipinski definition) is 6. The van der Waals surface area contributed by atoms with Crippen molar-refractivity contribution in [3.8, 4) is 0 Å². The zero-order valence-electron chi connectivity index (χ0n) is 18.7. The Morgan fingerprint density at radius 3 is 2.50 bits per heavy atom. The van der Waals surface area contributed by atoms with Crippen LogP contribution in [0.15, 0.2) is 48.5 Å². The van der Waals surface area contributed by atoms with Gasteiger partial charge in [-0.05, 0) is 57.7 Å². The molecule has 2 aromatic heterocycles. The highest BCUT2D eigenvalue weighted by Gasteiger charge is 2.28. The minimum Gasteiger partial charge on any atom is -0.331 e. The third-order valence-corrected chi connectivity index (χ3v) is 5.43. The van der Waals surface area contributed by atoms with Crippen LogP contribution in [-0.2, 0) is 4.79 Å². The van der Waals surface area contributed by atoms with Gasteiger partial charge in [0.25, 0.3) is 0 Å². The van der Waals surface area contributed by atoms with Gasteiger partial charge in [-0.2, -0.15) is 0 Å². The van der Waals surface area contributed by atoms with Gasteiger partial charge in [-0.1, -0.05) is 30.3 Å². The molecule has 0 aliphatic carbocycles. The molecule has 1 aliphatic heterocycles. The third kappa shape index (κ3) is 5.35. The Hall–Kier alpha value is -3.61. The Balaban J connectivity index is 1.57. The van der Waals surface area contributed by atoms with E-state index in [0.717, 1.165) is 41.9 Å². The minimum absolute atomic E-state index is 0.00182. The van der Waals surface area contributed by atoms with E-state index in [1.54, 1.807) is 6.08 Å². The lowest BCUT2D eigenvalue weighted by Gasteiger charge is -2.35. The Labute approximate surface area is 188 Å². The molecule has 1 aromatic carbocycles. The van der Waals surface area contributed by atoms with Crippen molar-refractivity contribution in [3.63, 3.8) is 0 Å². The number of hydrogen-bond donors (Lipinski definition) is 1. The zero-order chi connectivity index (χ0) is 22.5. The molecule has 7 heteroatoms. The van der Waals surface area contributed by atoms with Gasteiger partial charge < -0.3 is 10.2 Å². The summed E-state index contributed by atoms with van der Waals surface area (Å²) in [5.41, 5.74) is 3.62. The van der Waals surface area contributed by atoms with Gasteiger partial charge in [-0.25, -0.2) is 19.9 Å². The first-order valence-corrected chi connectivity index (χ1v) is 11.0. The van der Waals surface area contributed by atoms with Gasteiger partial charge in [0.05, 0.1) is 11.7 Å². The second kappa shape index (κ2) is 9.68. The lowest BCUT2D eigenvalue weighted by molar-refractivity contribution is -0.129. The van der Waals surface area contributed by atoms with Gasteiger partial charge >= 0.3 is 0 Å². The lowest BCUT2D eigenvalue weighted by Crippen LogP contribution is -2.38. The molecule has 3 aromatic rings.